The highest BCUT2D eigenvalue weighted by Crippen LogP contribution is 2.38. The van der Waals surface area contributed by atoms with Crippen LogP contribution in [0.1, 0.15) is 30.1 Å². The van der Waals surface area contributed by atoms with Gasteiger partial charge < -0.3 is 5.32 Å². The Balaban J connectivity index is 1.59. The Morgan fingerprint density at radius 1 is 1.15 bits per heavy atom. The first-order valence-electron chi connectivity index (χ1n) is 6.59. The van der Waals surface area contributed by atoms with Gasteiger partial charge in [-0.25, -0.2) is 15.0 Å². The predicted octanol–water partition coefficient (Wildman–Crippen LogP) is 3.71. The molecule has 0 aliphatic heterocycles. The summed E-state index contributed by atoms with van der Waals surface area (Å²) in [4.78, 5) is 12.8. The third-order valence-electron chi connectivity index (χ3n) is 3.16. The molecule has 0 amide bonds. The van der Waals surface area contributed by atoms with Gasteiger partial charge in [-0.2, -0.15) is 0 Å². The molecule has 0 unspecified atom stereocenters. The van der Waals surface area contributed by atoms with Crippen LogP contribution < -0.4 is 5.32 Å². The van der Waals surface area contributed by atoms with Gasteiger partial charge in [0.05, 0.1) is 0 Å². The first kappa shape index (κ1) is 13.6. The van der Waals surface area contributed by atoms with E-state index >= 15 is 0 Å². The number of halogens is 2. The van der Waals surface area contributed by atoms with Crippen molar-refractivity contribution in [1.29, 1.82) is 0 Å². The molecule has 1 aliphatic carbocycles. The number of hydrogen-bond acceptors (Lipinski definition) is 4. The maximum Gasteiger partial charge on any atom is 0.135 e. The van der Waals surface area contributed by atoms with Crippen molar-refractivity contribution in [3.63, 3.8) is 0 Å². The van der Waals surface area contributed by atoms with E-state index in [-0.39, 0.29) is 0 Å². The van der Waals surface area contributed by atoms with Crippen LogP contribution in [0.2, 0.25) is 10.3 Å². The lowest BCUT2D eigenvalue weighted by atomic mass is 10.2. The van der Waals surface area contributed by atoms with Crippen molar-refractivity contribution < 1.29 is 0 Å². The van der Waals surface area contributed by atoms with E-state index in [0.717, 1.165) is 43.0 Å². The van der Waals surface area contributed by atoms with Crippen LogP contribution in [-0.4, -0.2) is 21.5 Å². The SMILES string of the molecule is Clc1ccc(CCNc2cc(Cl)nc(C3CC3)n2)cn1. The molecule has 20 heavy (non-hydrogen) atoms. The lowest BCUT2D eigenvalue weighted by Crippen LogP contribution is -2.08. The summed E-state index contributed by atoms with van der Waals surface area (Å²) in [5.41, 5.74) is 1.13. The summed E-state index contributed by atoms with van der Waals surface area (Å²) in [5, 5.41) is 4.29. The van der Waals surface area contributed by atoms with Gasteiger partial charge in [0.2, 0.25) is 0 Å². The molecular weight excluding hydrogens is 295 g/mol. The zero-order valence-corrected chi connectivity index (χ0v) is 12.3. The molecule has 0 aromatic carbocycles. The molecule has 1 N–H and O–H groups in total. The van der Waals surface area contributed by atoms with Crippen LogP contribution in [0.3, 0.4) is 0 Å². The molecule has 1 fully saturated rings. The van der Waals surface area contributed by atoms with Crippen molar-refractivity contribution in [2.75, 3.05) is 11.9 Å². The van der Waals surface area contributed by atoms with Gasteiger partial charge in [-0.1, -0.05) is 29.3 Å². The van der Waals surface area contributed by atoms with Gasteiger partial charge in [0.15, 0.2) is 0 Å². The van der Waals surface area contributed by atoms with Crippen molar-refractivity contribution in [2.24, 2.45) is 0 Å². The van der Waals surface area contributed by atoms with Gasteiger partial charge >= 0.3 is 0 Å². The molecule has 2 aromatic heterocycles. The van der Waals surface area contributed by atoms with Crippen molar-refractivity contribution in [1.82, 2.24) is 15.0 Å². The minimum atomic E-state index is 0.495. The highest BCUT2D eigenvalue weighted by Gasteiger charge is 2.27. The summed E-state index contributed by atoms with van der Waals surface area (Å²) in [6.45, 7) is 0.765. The quantitative estimate of drug-likeness (QED) is 0.676. The Morgan fingerprint density at radius 2 is 2.00 bits per heavy atom. The number of rotatable bonds is 5. The molecule has 0 radical (unpaired) electrons. The normalized spacial score (nSPS) is 14.3. The molecule has 0 spiro atoms. The smallest absolute Gasteiger partial charge is 0.135 e. The minimum absolute atomic E-state index is 0.495. The second-order valence-electron chi connectivity index (χ2n) is 4.87. The number of hydrogen-bond donors (Lipinski definition) is 1. The van der Waals surface area contributed by atoms with Crippen LogP contribution in [-0.2, 0) is 6.42 Å². The Labute approximate surface area is 127 Å². The maximum absolute atomic E-state index is 6.02. The van der Waals surface area contributed by atoms with Crippen LogP contribution >= 0.6 is 23.2 Å². The van der Waals surface area contributed by atoms with Crippen LogP contribution in [0.5, 0.6) is 0 Å². The standard InChI is InChI=1S/C14H14Cl2N4/c15-11-4-1-9(8-18-11)5-6-17-13-7-12(16)19-14(20-13)10-2-3-10/h1,4,7-8,10H,2-3,5-6H2,(H,17,19,20). The molecule has 3 rings (SSSR count). The summed E-state index contributed by atoms with van der Waals surface area (Å²) in [6.07, 6.45) is 4.96. The zero-order valence-electron chi connectivity index (χ0n) is 10.8. The van der Waals surface area contributed by atoms with E-state index in [9.17, 15) is 0 Å². The monoisotopic (exact) mass is 308 g/mol. The number of nitrogens with one attached hydrogen (secondary N) is 1. The first-order valence-corrected chi connectivity index (χ1v) is 7.35. The molecule has 2 aromatic rings. The fourth-order valence-corrected chi connectivity index (χ4v) is 2.24. The predicted molar refractivity (Wildman–Crippen MR) is 80.5 cm³/mol. The second-order valence-corrected chi connectivity index (χ2v) is 5.65. The molecule has 0 bridgehead atoms. The van der Waals surface area contributed by atoms with Gasteiger partial charge in [-0.05, 0) is 30.9 Å². The zero-order chi connectivity index (χ0) is 13.9. The fraction of sp³-hybridized carbons (Fsp3) is 0.357. The lowest BCUT2D eigenvalue weighted by molar-refractivity contribution is 0.914. The summed E-state index contributed by atoms with van der Waals surface area (Å²) in [7, 11) is 0. The summed E-state index contributed by atoms with van der Waals surface area (Å²) in [6, 6.07) is 5.52. The van der Waals surface area contributed by atoms with E-state index in [0.29, 0.717) is 16.2 Å². The third kappa shape index (κ3) is 3.58. The molecule has 104 valence electrons. The maximum atomic E-state index is 6.02. The van der Waals surface area contributed by atoms with Crippen molar-refractivity contribution in [2.45, 2.75) is 25.2 Å². The van der Waals surface area contributed by atoms with Crippen LogP contribution in [0.4, 0.5) is 5.82 Å². The van der Waals surface area contributed by atoms with Crippen molar-refractivity contribution in [3.8, 4) is 0 Å². The fourth-order valence-electron chi connectivity index (χ4n) is 1.94. The van der Waals surface area contributed by atoms with Gasteiger partial charge in [0, 0.05) is 24.7 Å². The number of nitrogens with zero attached hydrogens (tertiary/aromatic N) is 3. The summed E-state index contributed by atoms with van der Waals surface area (Å²) < 4.78 is 0. The number of anilines is 1. The van der Waals surface area contributed by atoms with Crippen molar-refractivity contribution in [3.05, 3.63) is 46.1 Å². The van der Waals surface area contributed by atoms with E-state index in [2.05, 4.69) is 20.3 Å². The Morgan fingerprint density at radius 3 is 2.70 bits per heavy atom. The molecule has 2 heterocycles. The number of pyridine rings is 1. The van der Waals surface area contributed by atoms with Crippen LogP contribution in [0.25, 0.3) is 0 Å². The average molecular weight is 309 g/mol. The van der Waals surface area contributed by atoms with E-state index in [4.69, 9.17) is 23.2 Å². The minimum Gasteiger partial charge on any atom is -0.370 e. The van der Waals surface area contributed by atoms with E-state index < -0.39 is 0 Å². The van der Waals surface area contributed by atoms with Gasteiger partial charge in [0.1, 0.15) is 21.9 Å². The highest BCUT2D eigenvalue weighted by molar-refractivity contribution is 6.29. The average Bonchev–Trinajstić information content (AvgIpc) is 3.25. The van der Waals surface area contributed by atoms with E-state index in [1.165, 1.54) is 0 Å². The van der Waals surface area contributed by atoms with Gasteiger partial charge in [-0.3, -0.25) is 0 Å². The molecule has 0 atom stereocenters. The van der Waals surface area contributed by atoms with Crippen LogP contribution in [0, 0.1) is 0 Å². The third-order valence-corrected chi connectivity index (χ3v) is 3.58. The van der Waals surface area contributed by atoms with Crippen molar-refractivity contribution >= 4 is 29.0 Å². The molecule has 1 saturated carbocycles. The van der Waals surface area contributed by atoms with Gasteiger partial charge in [-0.15, -0.1) is 0 Å². The Hall–Kier alpha value is -1.39. The molecular formula is C14H14Cl2N4. The molecule has 4 nitrogen and oxygen atoms in total. The lowest BCUT2D eigenvalue weighted by Gasteiger charge is -2.07. The second kappa shape index (κ2) is 5.94. The van der Waals surface area contributed by atoms with E-state index in [1.54, 1.807) is 18.3 Å². The highest BCUT2D eigenvalue weighted by atomic mass is 35.5. The summed E-state index contributed by atoms with van der Waals surface area (Å²) >= 11 is 11.8. The topological polar surface area (TPSA) is 50.7 Å². The van der Waals surface area contributed by atoms with Gasteiger partial charge in [0.25, 0.3) is 0 Å². The molecule has 6 heteroatoms. The Kier molecular flexibility index (Phi) is 4.03. The van der Waals surface area contributed by atoms with E-state index in [1.807, 2.05) is 6.07 Å². The number of aromatic nitrogens is 3. The first-order chi connectivity index (χ1) is 9.70. The van der Waals surface area contributed by atoms with Crippen LogP contribution in [0.15, 0.2) is 24.4 Å². The summed E-state index contributed by atoms with van der Waals surface area (Å²) in [5.74, 6) is 2.14. The Bertz CT molecular complexity index is 597. The molecule has 0 saturated heterocycles. The largest absolute Gasteiger partial charge is 0.370 e. The molecule has 1 aliphatic rings.